The molecule has 15 heteroatoms. The molecule has 0 saturated carbocycles. The summed E-state index contributed by atoms with van der Waals surface area (Å²) in [4.78, 5) is 69.7. The second-order valence-corrected chi connectivity index (χ2v) is 15.2. The summed E-state index contributed by atoms with van der Waals surface area (Å²) in [6, 6.07) is 14.7. The number of carboxylic acid groups (broad SMARTS) is 1. The van der Waals surface area contributed by atoms with Crippen LogP contribution in [0.4, 0.5) is 16.2 Å². The summed E-state index contributed by atoms with van der Waals surface area (Å²) in [7, 11) is 3.62. The fourth-order valence-corrected chi connectivity index (χ4v) is 6.19. The Labute approximate surface area is 340 Å². The number of unbranched alkanes of at least 4 members (excludes halogenated alkanes) is 2. The highest BCUT2D eigenvalue weighted by Gasteiger charge is 2.27. The van der Waals surface area contributed by atoms with Crippen molar-refractivity contribution in [2.45, 2.75) is 65.4 Å². The lowest BCUT2D eigenvalue weighted by molar-refractivity contribution is -0.139. The second-order valence-electron chi connectivity index (χ2n) is 15.2. The van der Waals surface area contributed by atoms with Gasteiger partial charge in [0.25, 0.3) is 5.91 Å². The zero-order valence-corrected chi connectivity index (χ0v) is 34.4. The van der Waals surface area contributed by atoms with Crippen molar-refractivity contribution in [3.63, 3.8) is 0 Å². The molecule has 1 aliphatic rings. The fourth-order valence-electron chi connectivity index (χ4n) is 6.19. The smallest absolute Gasteiger partial charge is 0.407 e. The number of aryl methyl sites for hydroxylation is 1. The van der Waals surface area contributed by atoms with Crippen LogP contribution in [0, 0.1) is 6.92 Å². The van der Waals surface area contributed by atoms with E-state index >= 15 is 0 Å². The van der Waals surface area contributed by atoms with Crippen molar-refractivity contribution in [2.24, 2.45) is 0 Å². The summed E-state index contributed by atoms with van der Waals surface area (Å²) < 4.78 is 22.9. The lowest BCUT2D eigenvalue weighted by Gasteiger charge is -2.32. The van der Waals surface area contributed by atoms with Crippen molar-refractivity contribution < 1.29 is 48.0 Å². The van der Waals surface area contributed by atoms with Crippen molar-refractivity contribution in [3.05, 3.63) is 76.9 Å². The van der Waals surface area contributed by atoms with Gasteiger partial charge in [-0.2, -0.15) is 0 Å². The molecule has 0 spiro atoms. The largest absolute Gasteiger partial charge is 0.493 e. The minimum absolute atomic E-state index is 0.0157. The second kappa shape index (κ2) is 21.1. The van der Waals surface area contributed by atoms with Gasteiger partial charge >= 0.3 is 12.1 Å². The van der Waals surface area contributed by atoms with Gasteiger partial charge in [-0.15, -0.1) is 0 Å². The van der Waals surface area contributed by atoms with Crippen LogP contribution in [0.1, 0.15) is 84.7 Å². The van der Waals surface area contributed by atoms with Crippen LogP contribution in [0.3, 0.4) is 0 Å². The predicted molar refractivity (Wildman–Crippen MR) is 220 cm³/mol. The lowest BCUT2D eigenvalue weighted by Crippen LogP contribution is -2.47. The van der Waals surface area contributed by atoms with E-state index in [9.17, 15) is 29.1 Å². The molecule has 1 aliphatic heterocycles. The first kappa shape index (κ1) is 44.9. The Bertz CT molecular complexity index is 1920. The zero-order valence-electron chi connectivity index (χ0n) is 34.4. The van der Waals surface area contributed by atoms with Crippen molar-refractivity contribution >= 4 is 41.0 Å². The van der Waals surface area contributed by atoms with Crippen molar-refractivity contribution in [2.75, 3.05) is 77.3 Å². The van der Waals surface area contributed by atoms with Crippen LogP contribution in [-0.4, -0.2) is 117 Å². The highest BCUT2D eigenvalue weighted by atomic mass is 16.6. The van der Waals surface area contributed by atoms with Crippen LogP contribution < -0.4 is 30.2 Å². The third-order valence-corrected chi connectivity index (χ3v) is 9.32. The number of rotatable bonds is 19. The first-order chi connectivity index (χ1) is 27.6. The normalized spacial score (nSPS) is 13.0. The lowest BCUT2D eigenvalue weighted by atomic mass is 9.98. The number of para-hydroxylation sites is 1. The first-order valence-corrected chi connectivity index (χ1v) is 19.5. The van der Waals surface area contributed by atoms with Crippen molar-refractivity contribution in [1.29, 1.82) is 0 Å². The molecule has 0 aromatic heterocycles. The highest BCUT2D eigenvalue weighted by Crippen LogP contribution is 2.36. The molecule has 3 aromatic rings. The van der Waals surface area contributed by atoms with Crippen molar-refractivity contribution in [1.82, 2.24) is 15.1 Å². The standard InChI is InChI=1S/C43H57N5O10/c1-29-16-19-33(35(27-29)56-25-11-7-8-15-36(49)48-23-21-46(5)22-24-48)47(6)41(53)31-17-18-32(40(38(31)44)57-28-37(50)51)39(52)30-13-9-10-14-34(30)55-26-12-20-45-42(54)58-43(2,3)4/h9-10,13-14,16-19,27H,7-8,11-12,15,20-26,28,44H2,1-6H3,(H,45,54)(H,50,51). The quantitative estimate of drug-likeness (QED) is 0.0779. The number of alkyl carbamates (subject to hydrolysis) is 1. The Kier molecular flexibility index (Phi) is 16.3. The maximum absolute atomic E-state index is 14.0. The van der Waals surface area contributed by atoms with E-state index in [1.807, 2.05) is 24.0 Å². The molecule has 1 heterocycles. The number of nitrogens with zero attached hydrogens (tertiary/aromatic N) is 3. The number of amides is 3. The van der Waals surface area contributed by atoms with Gasteiger partial charge in [-0.05, 0) is 102 Å². The van der Waals surface area contributed by atoms with Crippen LogP contribution in [0.2, 0.25) is 0 Å². The van der Waals surface area contributed by atoms with Gasteiger partial charge < -0.3 is 49.8 Å². The summed E-state index contributed by atoms with van der Waals surface area (Å²) in [6.45, 7) is 10.5. The summed E-state index contributed by atoms with van der Waals surface area (Å²) in [6.07, 6.45) is 2.64. The number of hydrogen-bond donors (Lipinski definition) is 3. The van der Waals surface area contributed by atoms with E-state index in [4.69, 9.17) is 24.7 Å². The monoisotopic (exact) mass is 803 g/mol. The number of piperazine rings is 1. The maximum atomic E-state index is 14.0. The van der Waals surface area contributed by atoms with Gasteiger partial charge in [0.2, 0.25) is 11.7 Å². The highest BCUT2D eigenvalue weighted by molar-refractivity contribution is 6.16. The molecular weight excluding hydrogens is 746 g/mol. The number of carboxylic acids is 1. The first-order valence-electron chi connectivity index (χ1n) is 19.5. The number of nitrogens with two attached hydrogens (primary N) is 1. The molecule has 3 amide bonds. The van der Waals surface area contributed by atoms with E-state index in [0.29, 0.717) is 37.3 Å². The summed E-state index contributed by atoms with van der Waals surface area (Å²) in [5.74, 6) is -1.77. The molecule has 1 fully saturated rings. The van der Waals surface area contributed by atoms with Gasteiger partial charge in [-0.3, -0.25) is 14.4 Å². The number of carbonyl (C=O) groups is 5. The molecule has 1 saturated heterocycles. The minimum atomic E-state index is -1.31. The zero-order chi connectivity index (χ0) is 42.4. The summed E-state index contributed by atoms with van der Waals surface area (Å²) in [5.41, 5.74) is 7.15. The van der Waals surface area contributed by atoms with E-state index in [-0.39, 0.29) is 52.9 Å². The molecule has 0 aliphatic carbocycles. The van der Waals surface area contributed by atoms with Gasteiger partial charge in [0.05, 0.1) is 41.3 Å². The van der Waals surface area contributed by atoms with Crippen LogP contribution in [0.15, 0.2) is 54.6 Å². The van der Waals surface area contributed by atoms with Gasteiger partial charge in [0.1, 0.15) is 17.1 Å². The van der Waals surface area contributed by atoms with Gasteiger partial charge in [-0.25, -0.2) is 9.59 Å². The average Bonchev–Trinajstić information content (AvgIpc) is 3.17. The van der Waals surface area contributed by atoms with Crippen LogP contribution >= 0.6 is 0 Å². The van der Waals surface area contributed by atoms with E-state index in [1.165, 1.54) is 17.0 Å². The molecule has 0 radical (unpaired) electrons. The van der Waals surface area contributed by atoms with E-state index in [0.717, 1.165) is 44.6 Å². The van der Waals surface area contributed by atoms with Crippen LogP contribution in [0.25, 0.3) is 0 Å². The number of ketones is 1. The number of nitrogen functional groups attached to an aromatic ring is 1. The van der Waals surface area contributed by atoms with Crippen molar-refractivity contribution in [3.8, 4) is 17.2 Å². The number of nitrogens with one attached hydrogen (secondary N) is 1. The topological polar surface area (TPSA) is 190 Å². The number of hydrogen-bond acceptors (Lipinski definition) is 11. The summed E-state index contributed by atoms with van der Waals surface area (Å²) >= 11 is 0. The Hall–Kier alpha value is -5.83. The molecule has 58 heavy (non-hydrogen) atoms. The Balaban J connectivity index is 1.44. The number of ether oxygens (including phenoxy) is 4. The number of anilines is 2. The third-order valence-electron chi connectivity index (χ3n) is 9.32. The Morgan fingerprint density at radius 1 is 0.828 bits per heavy atom. The fraction of sp³-hybridized carbons (Fsp3) is 0.465. The summed E-state index contributed by atoms with van der Waals surface area (Å²) in [5, 5.41) is 12.1. The van der Waals surface area contributed by atoms with Crippen LogP contribution in [0.5, 0.6) is 17.2 Å². The molecule has 0 atom stereocenters. The molecule has 314 valence electrons. The van der Waals surface area contributed by atoms with Crippen LogP contribution in [-0.2, 0) is 14.3 Å². The molecule has 0 unspecified atom stereocenters. The SMILES string of the molecule is Cc1ccc(N(C)C(=O)c2ccc(C(=O)c3ccccc3OCCCNC(=O)OC(C)(C)C)c(OCC(=O)O)c2N)c(OCCCCCC(=O)N2CCN(C)CC2)c1. The Morgan fingerprint density at radius 2 is 1.50 bits per heavy atom. The molecule has 0 bridgehead atoms. The molecule has 3 aromatic carbocycles. The molecule has 4 N–H and O–H groups in total. The number of benzene rings is 3. The Morgan fingerprint density at radius 3 is 2.21 bits per heavy atom. The number of likely N-dealkylation sites (N-methyl/N-ethyl adjacent to an activating group) is 1. The average molecular weight is 804 g/mol. The molecule has 15 nitrogen and oxygen atoms in total. The third kappa shape index (κ3) is 13.1. The molecule has 4 rings (SSSR count). The predicted octanol–water partition coefficient (Wildman–Crippen LogP) is 5.56. The van der Waals surface area contributed by atoms with E-state index < -0.39 is 36.0 Å². The maximum Gasteiger partial charge on any atom is 0.407 e. The van der Waals surface area contributed by atoms with Gasteiger partial charge in [0.15, 0.2) is 12.4 Å². The molecular formula is C43H57N5O10. The minimum Gasteiger partial charge on any atom is -0.493 e. The van der Waals surface area contributed by atoms with Gasteiger partial charge in [-0.1, -0.05) is 18.2 Å². The number of carbonyl (C=O) groups excluding carboxylic acids is 4. The van der Waals surface area contributed by atoms with Gasteiger partial charge in [0, 0.05) is 46.2 Å². The number of aliphatic carboxylic acids is 1. The van der Waals surface area contributed by atoms with E-state index in [2.05, 4.69) is 17.3 Å². The van der Waals surface area contributed by atoms with E-state index in [1.54, 1.807) is 58.2 Å².